The van der Waals surface area contributed by atoms with E-state index in [9.17, 15) is 9.18 Å². The largest absolute Gasteiger partial charge is 0.443 e. The minimum Gasteiger partial charge on any atom is -0.443 e. The number of fused-ring (bicyclic) bond motifs is 3. The third kappa shape index (κ3) is 5.51. The molecule has 2 aromatic carbocycles. The molecule has 1 unspecified atom stereocenters. The quantitative estimate of drug-likeness (QED) is 0.132. The van der Waals surface area contributed by atoms with Crippen molar-refractivity contribution in [2.24, 2.45) is 5.92 Å². The van der Waals surface area contributed by atoms with Crippen LogP contribution in [0.5, 0.6) is 6.01 Å². The molecule has 46 heavy (non-hydrogen) atoms. The van der Waals surface area contributed by atoms with Gasteiger partial charge in [0.05, 0.1) is 18.8 Å². The third-order valence-corrected chi connectivity index (χ3v) is 10.0. The monoisotopic (exact) mass is 645 g/mol. The predicted octanol–water partition coefficient (Wildman–Crippen LogP) is 6.36. The molecule has 0 N–H and O–H groups in total. The summed E-state index contributed by atoms with van der Waals surface area (Å²) in [5.41, 5.74) is 0.327. The van der Waals surface area contributed by atoms with Crippen molar-refractivity contribution >= 4 is 51.2 Å². The van der Waals surface area contributed by atoms with Crippen LogP contribution in [0.15, 0.2) is 55.3 Å². The molecule has 3 aliphatic rings. The zero-order valence-corrected chi connectivity index (χ0v) is 26.5. The number of likely N-dealkylation sites (tertiary alicyclic amines) is 1. The maximum absolute atomic E-state index is 16.7. The Hall–Kier alpha value is -4.02. The lowest BCUT2D eigenvalue weighted by Crippen LogP contribution is -2.43. The molecule has 3 saturated heterocycles. The fraction of sp³-hybridized carbons (Fsp3) is 0.400. The average Bonchev–Trinajstić information content (AvgIpc) is 3.59. The topological polar surface area (TPSA) is 74.5 Å². The van der Waals surface area contributed by atoms with E-state index in [2.05, 4.69) is 21.4 Å². The van der Waals surface area contributed by atoms with Gasteiger partial charge in [-0.2, -0.15) is 4.98 Å². The van der Waals surface area contributed by atoms with Crippen molar-refractivity contribution in [1.29, 1.82) is 0 Å². The number of piperidine rings is 1. The first kappa shape index (κ1) is 30.6. The average molecular weight is 646 g/mol. The van der Waals surface area contributed by atoms with Crippen molar-refractivity contribution < 1.29 is 22.9 Å². The van der Waals surface area contributed by atoms with E-state index in [0.717, 1.165) is 37.6 Å². The zero-order chi connectivity index (χ0) is 32.0. The SMILES string of the molecule is C=CC(=O)N1CCCC(/C=[N+](\C)c2nc(OC[C@@]34CCCN3C[C@H](F)C4)nc3c(F)c(-c4cccc5cccc(Cl)c45)ncc23)C1. The van der Waals surface area contributed by atoms with Crippen LogP contribution < -0.4 is 4.74 Å². The van der Waals surface area contributed by atoms with E-state index in [1.54, 1.807) is 23.2 Å². The van der Waals surface area contributed by atoms with E-state index in [1.807, 2.05) is 42.1 Å². The molecule has 2 aromatic heterocycles. The van der Waals surface area contributed by atoms with Gasteiger partial charge in [-0.05, 0) is 49.8 Å². The van der Waals surface area contributed by atoms with E-state index < -0.39 is 17.5 Å². The van der Waals surface area contributed by atoms with Gasteiger partial charge in [-0.3, -0.25) is 14.7 Å². The van der Waals surface area contributed by atoms with Crippen molar-refractivity contribution in [3.63, 3.8) is 0 Å². The molecule has 0 bridgehead atoms. The van der Waals surface area contributed by atoms with E-state index >= 15 is 4.39 Å². The van der Waals surface area contributed by atoms with Gasteiger partial charge in [0.2, 0.25) is 5.91 Å². The van der Waals surface area contributed by atoms with E-state index in [-0.39, 0.29) is 35.7 Å². The van der Waals surface area contributed by atoms with Gasteiger partial charge in [-0.25, -0.2) is 13.4 Å². The van der Waals surface area contributed by atoms with Crippen LogP contribution in [0.3, 0.4) is 0 Å². The number of hydrogen-bond acceptors (Lipinski definition) is 6. The van der Waals surface area contributed by atoms with Crippen LogP contribution in [-0.4, -0.2) is 93.0 Å². The Morgan fingerprint density at radius 2 is 2.02 bits per heavy atom. The number of carbonyl (C=O) groups is 1. The molecule has 8 nitrogen and oxygen atoms in total. The van der Waals surface area contributed by atoms with Crippen molar-refractivity contribution in [2.45, 2.75) is 43.8 Å². The summed E-state index contributed by atoms with van der Waals surface area (Å²) in [5, 5.41) is 2.48. The van der Waals surface area contributed by atoms with Gasteiger partial charge in [0.25, 0.3) is 0 Å². The van der Waals surface area contributed by atoms with Crippen molar-refractivity contribution in [1.82, 2.24) is 24.8 Å². The molecule has 1 amide bonds. The van der Waals surface area contributed by atoms with Gasteiger partial charge < -0.3 is 9.64 Å². The first-order valence-corrected chi connectivity index (χ1v) is 16.2. The molecule has 5 heterocycles. The number of nitrogens with zero attached hydrogens (tertiary/aromatic N) is 6. The molecule has 3 atom stereocenters. The molecule has 3 fully saturated rings. The normalized spacial score (nSPS) is 23.7. The summed E-state index contributed by atoms with van der Waals surface area (Å²) in [6, 6.07) is 11.1. The van der Waals surface area contributed by atoms with E-state index in [4.69, 9.17) is 21.3 Å². The molecular weight excluding hydrogens is 610 g/mol. The number of carbonyl (C=O) groups excluding carboxylic acids is 1. The van der Waals surface area contributed by atoms with Crippen LogP contribution in [0.25, 0.3) is 32.9 Å². The Kier molecular flexibility index (Phi) is 8.19. The van der Waals surface area contributed by atoms with Gasteiger partial charge in [0.15, 0.2) is 5.82 Å². The second kappa shape index (κ2) is 12.3. The second-order valence-corrected chi connectivity index (χ2v) is 13.1. The minimum atomic E-state index is -0.903. The standard InChI is InChI=1S/C35H36ClF2N6O2/c1-3-28(45)43-14-6-8-22(19-43)18-42(2)33-26-17-39-31(25-11-4-9-23-10-5-12-27(36)29(23)25)30(38)32(26)40-34(41-33)46-21-35-13-7-15-44(35)20-24(37)16-35/h3-5,9-12,17-18,22,24H,1,6-8,13-16,19-21H2,2H3/q+1/b42-18+/t22?,24-,35+/m1/s1. The van der Waals surface area contributed by atoms with E-state index in [1.165, 1.54) is 6.08 Å². The molecule has 7 rings (SSSR count). The van der Waals surface area contributed by atoms with Crippen molar-refractivity contribution in [3.8, 4) is 17.3 Å². The number of rotatable bonds is 7. The molecule has 4 aromatic rings. The highest BCUT2D eigenvalue weighted by Gasteiger charge is 2.49. The Balaban J connectivity index is 1.32. The number of benzene rings is 2. The smallest absolute Gasteiger partial charge is 0.434 e. The highest BCUT2D eigenvalue weighted by molar-refractivity contribution is 6.36. The summed E-state index contributed by atoms with van der Waals surface area (Å²) in [6.45, 7) is 6.29. The Bertz CT molecular complexity index is 1880. The Morgan fingerprint density at radius 3 is 2.85 bits per heavy atom. The van der Waals surface area contributed by atoms with Crippen LogP contribution in [-0.2, 0) is 4.79 Å². The van der Waals surface area contributed by atoms with Crippen LogP contribution in [0.1, 0.15) is 32.1 Å². The number of amides is 1. The van der Waals surface area contributed by atoms with E-state index in [0.29, 0.717) is 53.2 Å². The number of halogens is 3. The predicted molar refractivity (Wildman–Crippen MR) is 175 cm³/mol. The summed E-state index contributed by atoms with van der Waals surface area (Å²) in [4.78, 5) is 30.2. The number of hydrogen-bond donors (Lipinski definition) is 0. The zero-order valence-electron chi connectivity index (χ0n) is 25.8. The molecule has 11 heteroatoms. The van der Waals surface area contributed by atoms with Crippen LogP contribution >= 0.6 is 11.6 Å². The summed E-state index contributed by atoms with van der Waals surface area (Å²) in [5.74, 6) is -0.230. The molecule has 0 saturated carbocycles. The molecule has 0 spiro atoms. The lowest BCUT2D eigenvalue weighted by molar-refractivity contribution is -0.405. The summed E-state index contributed by atoms with van der Waals surface area (Å²) < 4.78 is 39.3. The number of pyridine rings is 1. The van der Waals surface area contributed by atoms with Crippen LogP contribution in [0.2, 0.25) is 5.02 Å². The fourth-order valence-electron chi connectivity index (χ4n) is 7.53. The molecule has 3 aliphatic heterocycles. The second-order valence-electron chi connectivity index (χ2n) is 12.7. The first-order chi connectivity index (χ1) is 22.3. The Morgan fingerprint density at radius 1 is 1.20 bits per heavy atom. The third-order valence-electron chi connectivity index (χ3n) is 9.70. The number of alkyl halides is 1. The lowest BCUT2D eigenvalue weighted by Gasteiger charge is -2.30. The van der Waals surface area contributed by atoms with Crippen molar-refractivity contribution in [2.75, 3.05) is 39.8 Å². The summed E-state index contributed by atoms with van der Waals surface area (Å²) in [6.07, 6.45) is 7.97. The van der Waals surface area contributed by atoms with Crippen LogP contribution in [0.4, 0.5) is 14.6 Å². The van der Waals surface area contributed by atoms with Crippen LogP contribution in [0, 0.1) is 11.7 Å². The van der Waals surface area contributed by atoms with Gasteiger partial charge in [-0.1, -0.05) is 48.5 Å². The lowest BCUT2D eigenvalue weighted by atomic mass is 9.95. The first-order valence-electron chi connectivity index (χ1n) is 15.8. The highest BCUT2D eigenvalue weighted by Crippen LogP contribution is 2.41. The summed E-state index contributed by atoms with van der Waals surface area (Å²) >= 11 is 6.60. The van der Waals surface area contributed by atoms with Gasteiger partial charge in [0, 0.05) is 59.1 Å². The van der Waals surface area contributed by atoms with Gasteiger partial charge in [0.1, 0.15) is 29.4 Å². The number of ether oxygens (including phenoxy) is 1. The minimum absolute atomic E-state index is 0.0189. The maximum Gasteiger partial charge on any atom is 0.434 e. The molecular formula is C35H36ClF2N6O2+. The highest BCUT2D eigenvalue weighted by atomic mass is 35.5. The Labute approximate surface area is 271 Å². The van der Waals surface area contributed by atoms with Gasteiger partial charge >= 0.3 is 11.8 Å². The summed E-state index contributed by atoms with van der Waals surface area (Å²) in [7, 11) is 1.85. The molecule has 0 aliphatic carbocycles. The van der Waals surface area contributed by atoms with Crippen molar-refractivity contribution in [3.05, 3.63) is 66.1 Å². The van der Waals surface area contributed by atoms with Gasteiger partial charge in [-0.15, -0.1) is 0 Å². The molecule has 238 valence electrons. The number of aromatic nitrogens is 3. The fourth-order valence-corrected chi connectivity index (χ4v) is 7.81. The maximum atomic E-state index is 16.7. The molecule has 0 radical (unpaired) electrons.